The first-order chi connectivity index (χ1) is 12.7. The van der Waals surface area contributed by atoms with Gasteiger partial charge in [0.1, 0.15) is 0 Å². The Bertz CT molecular complexity index is 749. The molecule has 0 unspecified atom stereocenters. The highest BCUT2D eigenvalue weighted by atomic mass is 16.2. The number of carbonyl (C=O) groups is 1. The lowest BCUT2D eigenvalue weighted by molar-refractivity contribution is -0.143. The van der Waals surface area contributed by atoms with Gasteiger partial charge in [0, 0.05) is 50.2 Å². The first kappa shape index (κ1) is 17.0. The summed E-state index contributed by atoms with van der Waals surface area (Å²) in [7, 11) is 0. The molecule has 0 aliphatic carbocycles. The fourth-order valence-corrected chi connectivity index (χ4v) is 3.88. The van der Waals surface area contributed by atoms with E-state index in [0.29, 0.717) is 18.5 Å². The predicted molar refractivity (Wildman–Crippen MR) is 100 cm³/mol. The van der Waals surface area contributed by atoms with Crippen LogP contribution < -0.4 is 5.32 Å². The summed E-state index contributed by atoms with van der Waals surface area (Å²) in [6.07, 6.45) is 5.97. The van der Waals surface area contributed by atoms with E-state index in [-0.39, 0.29) is 11.9 Å². The number of carbonyl (C=O) groups excluding carboxylic acids is 1. The lowest BCUT2D eigenvalue weighted by Gasteiger charge is -2.41. The summed E-state index contributed by atoms with van der Waals surface area (Å²) in [4.78, 5) is 25.7. The Morgan fingerprint density at radius 1 is 1.15 bits per heavy atom. The number of rotatable bonds is 5. The van der Waals surface area contributed by atoms with Gasteiger partial charge in [-0.1, -0.05) is 30.3 Å². The van der Waals surface area contributed by atoms with Crippen LogP contribution in [0.25, 0.3) is 0 Å². The Balaban J connectivity index is 1.36. The van der Waals surface area contributed by atoms with Crippen LogP contribution >= 0.6 is 0 Å². The Kier molecular flexibility index (Phi) is 4.84. The summed E-state index contributed by atoms with van der Waals surface area (Å²) < 4.78 is 0. The van der Waals surface area contributed by atoms with Crippen molar-refractivity contribution in [3.8, 4) is 0 Å². The molecule has 0 saturated carbocycles. The van der Waals surface area contributed by atoms with Crippen molar-refractivity contribution < 1.29 is 4.79 Å². The first-order valence-corrected chi connectivity index (χ1v) is 9.34. The fraction of sp³-hybridized carbons (Fsp3) is 0.450. The molecule has 26 heavy (non-hydrogen) atoms. The van der Waals surface area contributed by atoms with Crippen molar-refractivity contribution in [2.24, 2.45) is 0 Å². The minimum Gasteiger partial charge on any atom is -0.350 e. The largest absolute Gasteiger partial charge is 0.350 e. The van der Waals surface area contributed by atoms with Crippen molar-refractivity contribution in [3.05, 3.63) is 53.9 Å². The zero-order valence-corrected chi connectivity index (χ0v) is 15.1. The molecule has 0 spiro atoms. The number of nitrogens with one attached hydrogen (secondary N) is 1. The van der Waals surface area contributed by atoms with Crippen LogP contribution in [0.15, 0.2) is 42.7 Å². The van der Waals surface area contributed by atoms with Crippen LogP contribution in [0.5, 0.6) is 0 Å². The van der Waals surface area contributed by atoms with Crippen molar-refractivity contribution in [3.63, 3.8) is 0 Å². The van der Waals surface area contributed by atoms with Crippen molar-refractivity contribution in [2.75, 3.05) is 18.4 Å². The molecule has 2 aromatic rings. The molecular formula is C20H25N5O. The van der Waals surface area contributed by atoms with E-state index in [2.05, 4.69) is 37.2 Å². The zero-order chi connectivity index (χ0) is 17.9. The van der Waals surface area contributed by atoms with Gasteiger partial charge in [-0.05, 0) is 25.3 Å². The molecule has 1 amide bonds. The van der Waals surface area contributed by atoms with Crippen LogP contribution in [0.3, 0.4) is 0 Å². The number of amides is 1. The molecule has 0 radical (unpaired) electrons. The molecule has 2 aliphatic heterocycles. The van der Waals surface area contributed by atoms with E-state index >= 15 is 0 Å². The van der Waals surface area contributed by atoms with Crippen molar-refractivity contribution >= 4 is 11.9 Å². The van der Waals surface area contributed by atoms with Crippen LogP contribution in [0.2, 0.25) is 0 Å². The van der Waals surface area contributed by atoms with Gasteiger partial charge in [-0.15, -0.1) is 0 Å². The van der Waals surface area contributed by atoms with Gasteiger partial charge in [-0.25, -0.2) is 9.97 Å². The van der Waals surface area contributed by atoms with E-state index < -0.39 is 0 Å². The molecular weight excluding hydrogens is 326 g/mol. The second kappa shape index (κ2) is 7.41. The van der Waals surface area contributed by atoms with Gasteiger partial charge < -0.3 is 10.2 Å². The lowest BCUT2D eigenvalue weighted by atomic mass is 10.1. The molecule has 2 atom stereocenters. The van der Waals surface area contributed by atoms with Crippen LogP contribution in [0.4, 0.5) is 5.95 Å². The molecule has 3 heterocycles. The SMILES string of the molecule is C[C@H]1C(=O)N2CCC[C@H]2CN1Cc1cnc(NCc2ccccc2)nc1. The van der Waals surface area contributed by atoms with Crippen LogP contribution in [0.1, 0.15) is 30.9 Å². The van der Waals surface area contributed by atoms with Gasteiger partial charge in [0.05, 0.1) is 6.04 Å². The molecule has 4 rings (SSSR count). The molecule has 136 valence electrons. The molecule has 0 bridgehead atoms. The predicted octanol–water partition coefficient (Wildman–Crippen LogP) is 2.28. The van der Waals surface area contributed by atoms with E-state index in [1.165, 1.54) is 5.56 Å². The highest BCUT2D eigenvalue weighted by Crippen LogP contribution is 2.26. The van der Waals surface area contributed by atoms with E-state index in [0.717, 1.165) is 38.0 Å². The van der Waals surface area contributed by atoms with Crippen LogP contribution in [-0.4, -0.2) is 50.8 Å². The number of hydrogen-bond acceptors (Lipinski definition) is 5. The quantitative estimate of drug-likeness (QED) is 0.895. The third kappa shape index (κ3) is 3.55. The fourth-order valence-electron chi connectivity index (χ4n) is 3.88. The highest BCUT2D eigenvalue weighted by molar-refractivity contribution is 5.83. The van der Waals surface area contributed by atoms with E-state index in [9.17, 15) is 4.79 Å². The average Bonchev–Trinajstić information content (AvgIpc) is 3.15. The van der Waals surface area contributed by atoms with Crippen molar-refractivity contribution in [2.45, 2.75) is 44.9 Å². The third-order valence-corrected chi connectivity index (χ3v) is 5.40. The lowest BCUT2D eigenvalue weighted by Crippen LogP contribution is -2.58. The molecule has 2 aliphatic rings. The first-order valence-electron chi connectivity index (χ1n) is 9.34. The number of piperazine rings is 1. The van der Waals surface area contributed by atoms with E-state index in [1.54, 1.807) is 0 Å². The normalized spacial score (nSPS) is 23.1. The molecule has 2 saturated heterocycles. The third-order valence-electron chi connectivity index (χ3n) is 5.40. The Labute approximate surface area is 154 Å². The Morgan fingerprint density at radius 2 is 1.92 bits per heavy atom. The number of anilines is 1. The van der Waals surface area contributed by atoms with E-state index in [4.69, 9.17) is 0 Å². The minimum absolute atomic E-state index is 0.0692. The Morgan fingerprint density at radius 3 is 2.69 bits per heavy atom. The second-order valence-corrected chi connectivity index (χ2v) is 7.19. The standard InChI is InChI=1S/C20H25N5O/c1-15-19(26)25-9-5-8-18(25)14-24(15)13-17-11-22-20(23-12-17)21-10-16-6-3-2-4-7-16/h2-4,6-7,11-12,15,18H,5,8-10,13-14H2,1H3,(H,21,22,23)/t15-,18-/m0/s1. The molecule has 6 heteroatoms. The number of fused-ring (bicyclic) bond motifs is 1. The summed E-state index contributed by atoms with van der Waals surface area (Å²) in [5, 5.41) is 3.24. The average molecular weight is 351 g/mol. The maximum Gasteiger partial charge on any atom is 0.239 e. The molecule has 1 N–H and O–H groups in total. The van der Waals surface area contributed by atoms with Gasteiger partial charge in [-0.2, -0.15) is 0 Å². The summed E-state index contributed by atoms with van der Waals surface area (Å²) >= 11 is 0. The minimum atomic E-state index is -0.0692. The summed E-state index contributed by atoms with van der Waals surface area (Å²) in [5.41, 5.74) is 2.24. The maximum atomic E-state index is 12.5. The summed E-state index contributed by atoms with van der Waals surface area (Å²) in [6, 6.07) is 10.5. The summed E-state index contributed by atoms with van der Waals surface area (Å²) in [5.74, 6) is 0.892. The zero-order valence-electron chi connectivity index (χ0n) is 15.1. The smallest absolute Gasteiger partial charge is 0.239 e. The number of nitrogens with zero attached hydrogens (tertiary/aromatic N) is 4. The monoisotopic (exact) mass is 351 g/mol. The number of hydrogen-bond donors (Lipinski definition) is 1. The van der Waals surface area contributed by atoms with Gasteiger partial charge >= 0.3 is 0 Å². The number of benzene rings is 1. The molecule has 2 fully saturated rings. The van der Waals surface area contributed by atoms with Gasteiger partial charge in [0.15, 0.2) is 0 Å². The van der Waals surface area contributed by atoms with Crippen molar-refractivity contribution in [1.29, 1.82) is 0 Å². The summed E-state index contributed by atoms with van der Waals surface area (Å²) in [6.45, 7) is 5.30. The second-order valence-electron chi connectivity index (χ2n) is 7.19. The molecule has 6 nitrogen and oxygen atoms in total. The molecule has 1 aromatic heterocycles. The number of aromatic nitrogens is 2. The van der Waals surface area contributed by atoms with Crippen LogP contribution in [0, 0.1) is 0 Å². The van der Waals surface area contributed by atoms with Gasteiger partial charge in [-0.3, -0.25) is 9.69 Å². The molecule has 1 aromatic carbocycles. The Hall–Kier alpha value is -2.47. The maximum absolute atomic E-state index is 12.5. The van der Waals surface area contributed by atoms with Crippen LogP contribution in [-0.2, 0) is 17.9 Å². The van der Waals surface area contributed by atoms with Gasteiger partial charge in [0.2, 0.25) is 11.9 Å². The topological polar surface area (TPSA) is 61.4 Å². The van der Waals surface area contributed by atoms with Crippen molar-refractivity contribution in [1.82, 2.24) is 19.8 Å². The van der Waals surface area contributed by atoms with E-state index in [1.807, 2.05) is 37.5 Å². The van der Waals surface area contributed by atoms with Gasteiger partial charge in [0.25, 0.3) is 0 Å². The highest BCUT2D eigenvalue weighted by Gasteiger charge is 2.39.